The van der Waals surface area contributed by atoms with Crippen molar-refractivity contribution in [2.45, 2.75) is 51.1 Å². The lowest BCUT2D eigenvalue weighted by Gasteiger charge is -2.29. The third-order valence-electron chi connectivity index (χ3n) is 4.05. The second-order valence-electron chi connectivity index (χ2n) is 5.65. The highest BCUT2D eigenvalue weighted by Crippen LogP contribution is 2.43. The molecule has 0 heterocycles. The Hall–Kier alpha value is -1.69. The zero-order chi connectivity index (χ0) is 16.3. The van der Waals surface area contributed by atoms with Crippen molar-refractivity contribution < 1.29 is 28.5 Å². The van der Waals surface area contributed by atoms with E-state index in [2.05, 4.69) is 0 Å². The van der Waals surface area contributed by atoms with Crippen molar-refractivity contribution in [1.29, 1.82) is 0 Å². The van der Waals surface area contributed by atoms with Gasteiger partial charge in [-0.3, -0.25) is 0 Å². The molecule has 0 amide bonds. The second-order valence-corrected chi connectivity index (χ2v) is 5.65. The number of hydrogen-bond donors (Lipinski definition) is 2. The molecule has 1 saturated carbocycles. The largest absolute Gasteiger partial charge is 0.507 e. The highest BCUT2D eigenvalue weighted by molar-refractivity contribution is 5.93. The zero-order valence-electron chi connectivity index (χ0n) is 12.4. The molecule has 1 fully saturated rings. The minimum absolute atomic E-state index is 0.185. The Morgan fingerprint density at radius 3 is 2.55 bits per heavy atom. The van der Waals surface area contributed by atoms with Crippen LogP contribution >= 0.6 is 0 Å². The van der Waals surface area contributed by atoms with Crippen LogP contribution < -0.4 is 0 Å². The van der Waals surface area contributed by atoms with E-state index in [0.29, 0.717) is 17.7 Å². The van der Waals surface area contributed by atoms with Gasteiger partial charge in [0.1, 0.15) is 11.3 Å². The van der Waals surface area contributed by atoms with Crippen molar-refractivity contribution in [3.05, 3.63) is 28.8 Å². The molecule has 1 aromatic rings. The lowest BCUT2D eigenvalue weighted by atomic mass is 9.80. The highest BCUT2D eigenvalue weighted by atomic mass is 19.3. The molecule has 2 N–H and O–H groups in total. The molecule has 2 rings (SSSR count). The first kappa shape index (κ1) is 16.7. The summed E-state index contributed by atoms with van der Waals surface area (Å²) in [4.78, 5) is 11.4. The maximum absolute atomic E-state index is 13.3. The predicted molar refractivity (Wildman–Crippen MR) is 76.6 cm³/mol. The molecule has 0 aromatic heterocycles. The number of carboxylic acid groups (broad SMARTS) is 1. The van der Waals surface area contributed by atoms with Gasteiger partial charge in [-0.15, -0.1) is 0 Å². The van der Waals surface area contributed by atoms with Crippen molar-refractivity contribution in [2.75, 3.05) is 6.61 Å². The van der Waals surface area contributed by atoms with Gasteiger partial charge in [0.05, 0.1) is 6.61 Å². The van der Waals surface area contributed by atoms with E-state index in [1.54, 1.807) is 6.07 Å². The van der Waals surface area contributed by atoms with E-state index in [-0.39, 0.29) is 49.5 Å². The highest BCUT2D eigenvalue weighted by Gasteiger charge is 2.37. The van der Waals surface area contributed by atoms with E-state index in [1.807, 2.05) is 6.92 Å². The maximum Gasteiger partial charge on any atom is 0.339 e. The van der Waals surface area contributed by atoms with Crippen LogP contribution in [0.2, 0.25) is 0 Å². The number of aromatic carboxylic acids is 1. The molecule has 122 valence electrons. The number of alkyl halides is 2. The van der Waals surface area contributed by atoms with Gasteiger partial charge in [0.15, 0.2) is 0 Å². The van der Waals surface area contributed by atoms with Gasteiger partial charge in [0.25, 0.3) is 0 Å². The number of benzene rings is 1. The van der Waals surface area contributed by atoms with E-state index in [0.717, 1.165) is 0 Å². The quantitative estimate of drug-likeness (QED) is 0.864. The van der Waals surface area contributed by atoms with Crippen molar-refractivity contribution in [3.8, 4) is 5.75 Å². The molecule has 4 nitrogen and oxygen atoms in total. The van der Waals surface area contributed by atoms with Gasteiger partial charge in [-0.1, -0.05) is 6.07 Å². The molecule has 1 aliphatic carbocycles. The number of aromatic hydroxyl groups is 1. The van der Waals surface area contributed by atoms with Crippen molar-refractivity contribution >= 4 is 5.97 Å². The van der Waals surface area contributed by atoms with Crippen molar-refractivity contribution in [1.82, 2.24) is 0 Å². The van der Waals surface area contributed by atoms with Crippen molar-refractivity contribution in [3.63, 3.8) is 0 Å². The summed E-state index contributed by atoms with van der Waals surface area (Å²) >= 11 is 0. The Balaban J connectivity index is 2.34. The standard InChI is InChI=1S/C16H20F2O4/c1-2-22-9-10-7-12(14(15(20)21)13(19)8-10)11-3-5-16(17,18)6-4-11/h7-8,11,19H,2-6,9H2,1H3,(H,20,21). The van der Waals surface area contributed by atoms with Crippen LogP contribution in [0.5, 0.6) is 5.75 Å². The number of phenols is 1. The average Bonchev–Trinajstić information content (AvgIpc) is 2.44. The normalized spacial score (nSPS) is 18.3. The third kappa shape index (κ3) is 3.74. The summed E-state index contributed by atoms with van der Waals surface area (Å²) < 4.78 is 31.9. The molecule has 1 aromatic carbocycles. The van der Waals surface area contributed by atoms with Crippen LogP contribution in [-0.2, 0) is 11.3 Å². The fraction of sp³-hybridized carbons (Fsp3) is 0.562. The number of carbonyl (C=O) groups is 1. The lowest BCUT2D eigenvalue weighted by molar-refractivity contribution is -0.0382. The van der Waals surface area contributed by atoms with E-state index in [1.165, 1.54) is 6.07 Å². The van der Waals surface area contributed by atoms with Crippen LogP contribution in [0.25, 0.3) is 0 Å². The van der Waals surface area contributed by atoms with Crippen LogP contribution in [0.4, 0.5) is 8.78 Å². The maximum atomic E-state index is 13.3. The first-order valence-electron chi connectivity index (χ1n) is 7.38. The summed E-state index contributed by atoms with van der Waals surface area (Å²) in [6.45, 7) is 2.57. The molecule has 6 heteroatoms. The first-order chi connectivity index (χ1) is 10.3. The van der Waals surface area contributed by atoms with E-state index in [4.69, 9.17) is 4.74 Å². The summed E-state index contributed by atoms with van der Waals surface area (Å²) in [6.07, 6.45) is -0.0873. The Morgan fingerprint density at radius 1 is 1.36 bits per heavy atom. The molecular weight excluding hydrogens is 294 g/mol. The molecular formula is C16H20F2O4. The number of hydrogen-bond acceptors (Lipinski definition) is 3. The molecule has 0 unspecified atom stereocenters. The first-order valence-corrected chi connectivity index (χ1v) is 7.38. The van der Waals surface area contributed by atoms with E-state index < -0.39 is 11.9 Å². The summed E-state index contributed by atoms with van der Waals surface area (Å²) in [5.41, 5.74) is 0.893. The van der Waals surface area contributed by atoms with Gasteiger partial charge in [-0.05, 0) is 42.9 Å². The Labute approximate surface area is 127 Å². The Kier molecular flexibility index (Phi) is 5.01. The second kappa shape index (κ2) is 6.60. The number of rotatable bonds is 5. The zero-order valence-corrected chi connectivity index (χ0v) is 12.4. The topological polar surface area (TPSA) is 66.8 Å². The number of carboxylic acids is 1. The van der Waals surface area contributed by atoms with Gasteiger partial charge in [0, 0.05) is 19.4 Å². The summed E-state index contributed by atoms with van der Waals surface area (Å²) in [5, 5.41) is 19.3. The minimum Gasteiger partial charge on any atom is -0.507 e. The molecule has 1 aliphatic rings. The fourth-order valence-electron chi connectivity index (χ4n) is 2.92. The predicted octanol–water partition coefficient (Wildman–Crippen LogP) is 3.92. The van der Waals surface area contributed by atoms with Gasteiger partial charge in [-0.25, -0.2) is 13.6 Å². The van der Waals surface area contributed by atoms with Gasteiger partial charge < -0.3 is 14.9 Å². The van der Waals surface area contributed by atoms with Crippen LogP contribution in [0.15, 0.2) is 12.1 Å². The molecule has 0 aliphatic heterocycles. The van der Waals surface area contributed by atoms with Crippen LogP contribution in [-0.4, -0.2) is 28.7 Å². The average molecular weight is 314 g/mol. The summed E-state index contributed by atoms with van der Waals surface area (Å²) in [6, 6.07) is 3.02. The molecule has 22 heavy (non-hydrogen) atoms. The van der Waals surface area contributed by atoms with Crippen LogP contribution in [0, 0.1) is 0 Å². The lowest BCUT2D eigenvalue weighted by Crippen LogP contribution is -2.24. The SMILES string of the molecule is CCOCc1cc(O)c(C(=O)O)c(C2CCC(F)(F)CC2)c1. The van der Waals surface area contributed by atoms with Crippen LogP contribution in [0.1, 0.15) is 60.0 Å². The monoisotopic (exact) mass is 314 g/mol. The van der Waals surface area contributed by atoms with E-state index >= 15 is 0 Å². The number of ether oxygens (including phenoxy) is 1. The third-order valence-corrected chi connectivity index (χ3v) is 4.05. The molecule has 0 atom stereocenters. The van der Waals surface area contributed by atoms with Crippen molar-refractivity contribution in [2.24, 2.45) is 0 Å². The molecule has 0 saturated heterocycles. The summed E-state index contributed by atoms with van der Waals surface area (Å²) in [5.74, 6) is -4.53. The van der Waals surface area contributed by atoms with Gasteiger partial charge in [0.2, 0.25) is 5.92 Å². The Bertz CT molecular complexity index is 547. The fourth-order valence-corrected chi connectivity index (χ4v) is 2.92. The van der Waals surface area contributed by atoms with Gasteiger partial charge >= 0.3 is 5.97 Å². The van der Waals surface area contributed by atoms with Gasteiger partial charge in [-0.2, -0.15) is 0 Å². The molecule has 0 bridgehead atoms. The number of halogens is 2. The van der Waals surface area contributed by atoms with E-state index in [9.17, 15) is 23.8 Å². The molecule has 0 radical (unpaired) electrons. The van der Waals surface area contributed by atoms with Crippen LogP contribution in [0.3, 0.4) is 0 Å². The molecule has 0 spiro atoms. The smallest absolute Gasteiger partial charge is 0.339 e. The Morgan fingerprint density at radius 2 is 2.00 bits per heavy atom. The summed E-state index contributed by atoms with van der Waals surface area (Å²) in [7, 11) is 0. The minimum atomic E-state index is -2.68.